The highest BCUT2D eigenvalue weighted by Gasteiger charge is 2.35. The van der Waals surface area contributed by atoms with Crippen LogP contribution in [0.5, 0.6) is 0 Å². The monoisotopic (exact) mass is 530 g/mol. The SMILES string of the molecule is C[N+]1(C)CC(=Cc2c(F)c(F)c(N=[N+]=[N-])c(F)c2F)C(=O)C(=Cc2c(F)c(F)c(N=[N+]=[N-])c(F)c2F)C1. The number of nitrogens with zero attached hydrogens (tertiary/aromatic N) is 7. The van der Waals surface area contributed by atoms with Crippen LogP contribution >= 0.6 is 0 Å². The molecule has 0 N–H and O–H groups in total. The third kappa shape index (κ3) is 4.85. The van der Waals surface area contributed by atoms with Crippen molar-refractivity contribution in [2.24, 2.45) is 10.2 Å². The van der Waals surface area contributed by atoms with Crippen molar-refractivity contribution >= 4 is 29.3 Å². The molecule has 16 heteroatoms. The lowest BCUT2D eigenvalue weighted by Crippen LogP contribution is -2.48. The molecule has 0 unspecified atom stereocenters. The normalized spacial score (nSPS) is 17.1. The summed E-state index contributed by atoms with van der Waals surface area (Å²) in [7, 11) is 2.93. The van der Waals surface area contributed by atoms with Crippen LogP contribution in [-0.2, 0) is 4.79 Å². The second-order valence-electron chi connectivity index (χ2n) is 8.34. The van der Waals surface area contributed by atoms with Gasteiger partial charge in [0.1, 0.15) is 24.5 Å². The van der Waals surface area contributed by atoms with Crippen LogP contribution < -0.4 is 0 Å². The fourth-order valence-electron chi connectivity index (χ4n) is 3.69. The Hall–Kier alpha value is -4.39. The maximum Gasteiger partial charge on any atom is 0.196 e. The average Bonchev–Trinajstić information content (AvgIpc) is 2.84. The maximum atomic E-state index is 14.5. The highest BCUT2D eigenvalue weighted by Crippen LogP contribution is 2.35. The maximum absolute atomic E-state index is 14.5. The molecule has 0 atom stereocenters. The summed E-state index contributed by atoms with van der Waals surface area (Å²) < 4.78 is 114. The Morgan fingerprint density at radius 3 is 1.22 bits per heavy atom. The average molecular weight is 530 g/mol. The zero-order chi connectivity index (χ0) is 27.8. The molecular formula is C21H12F8N7O+. The van der Waals surface area contributed by atoms with Crippen molar-refractivity contribution < 1.29 is 44.4 Å². The molecule has 0 spiro atoms. The van der Waals surface area contributed by atoms with E-state index in [4.69, 9.17) is 11.1 Å². The highest BCUT2D eigenvalue weighted by molar-refractivity contribution is 6.14. The third-order valence-electron chi connectivity index (χ3n) is 5.25. The van der Waals surface area contributed by atoms with E-state index in [1.165, 1.54) is 14.1 Å². The lowest BCUT2D eigenvalue weighted by Gasteiger charge is -2.35. The predicted octanol–water partition coefficient (Wildman–Crippen LogP) is 6.81. The van der Waals surface area contributed by atoms with Crippen molar-refractivity contribution in [3.05, 3.63) is 89.7 Å². The highest BCUT2D eigenvalue weighted by atomic mass is 19.2. The van der Waals surface area contributed by atoms with E-state index in [0.29, 0.717) is 12.2 Å². The second-order valence-corrected chi connectivity index (χ2v) is 8.34. The Morgan fingerprint density at radius 2 is 0.946 bits per heavy atom. The minimum Gasteiger partial charge on any atom is -0.321 e. The fraction of sp³-hybridized carbons (Fsp3) is 0.190. The molecule has 8 nitrogen and oxygen atoms in total. The lowest BCUT2D eigenvalue weighted by atomic mass is 9.92. The van der Waals surface area contributed by atoms with Crippen molar-refractivity contribution in [2.45, 2.75) is 0 Å². The van der Waals surface area contributed by atoms with E-state index in [9.17, 15) is 39.9 Å². The van der Waals surface area contributed by atoms with Gasteiger partial charge in [0.2, 0.25) is 0 Å². The molecule has 0 aliphatic carbocycles. The number of hydrogen-bond donors (Lipinski definition) is 0. The van der Waals surface area contributed by atoms with Gasteiger partial charge < -0.3 is 4.48 Å². The first-order valence-corrected chi connectivity index (χ1v) is 9.85. The lowest BCUT2D eigenvalue weighted by molar-refractivity contribution is -0.881. The van der Waals surface area contributed by atoms with Crippen LogP contribution in [0.1, 0.15) is 11.1 Å². The summed E-state index contributed by atoms with van der Waals surface area (Å²) in [6, 6.07) is 0. The number of likely N-dealkylation sites (N-methyl/N-ethyl adjacent to an activating group) is 1. The zero-order valence-electron chi connectivity index (χ0n) is 18.6. The smallest absolute Gasteiger partial charge is 0.196 e. The molecule has 1 aliphatic rings. The van der Waals surface area contributed by atoms with Gasteiger partial charge in [-0.3, -0.25) is 4.79 Å². The van der Waals surface area contributed by atoms with E-state index in [2.05, 4.69) is 20.1 Å². The summed E-state index contributed by atoms with van der Waals surface area (Å²) in [5.74, 6) is -17.2. The van der Waals surface area contributed by atoms with Gasteiger partial charge in [-0.1, -0.05) is 10.2 Å². The summed E-state index contributed by atoms with van der Waals surface area (Å²) in [6.07, 6.45) is 0.926. The van der Waals surface area contributed by atoms with E-state index in [0.717, 1.165) is 0 Å². The molecule has 0 radical (unpaired) electrons. The van der Waals surface area contributed by atoms with Crippen molar-refractivity contribution in [3.8, 4) is 0 Å². The molecule has 1 fully saturated rings. The van der Waals surface area contributed by atoms with E-state index >= 15 is 0 Å². The summed E-state index contributed by atoms with van der Waals surface area (Å²) in [4.78, 5) is 17.1. The quantitative estimate of drug-likeness (QED) is 0.0808. The van der Waals surface area contributed by atoms with Gasteiger partial charge in [-0.2, -0.15) is 0 Å². The minimum absolute atomic E-state index is 0.209. The predicted molar refractivity (Wildman–Crippen MR) is 113 cm³/mol. The molecule has 1 heterocycles. The number of azide groups is 2. The number of hydrogen-bond acceptors (Lipinski definition) is 3. The number of carbonyl (C=O) groups excluding carboxylic acids is 1. The molecule has 192 valence electrons. The Balaban J connectivity index is 2.23. The zero-order valence-corrected chi connectivity index (χ0v) is 18.6. The number of halogens is 8. The molecular weight excluding hydrogens is 518 g/mol. The molecule has 2 aromatic carbocycles. The Morgan fingerprint density at radius 1 is 0.649 bits per heavy atom. The Labute approximate surface area is 201 Å². The van der Waals surface area contributed by atoms with Gasteiger partial charge in [-0.15, -0.1) is 0 Å². The third-order valence-corrected chi connectivity index (χ3v) is 5.25. The first-order chi connectivity index (χ1) is 17.3. The first-order valence-electron chi connectivity index (χ1n) is 9.85. The van der Waals surface area contributed by atoms with Crippen molar-refractivity contribution in [1.82, 2.24) is 0 Å². The molecule has 2 aromatic rings. The molecule has 0 bridgehead atoms. The van der Waals surface area contributed by atoms with Gasteiger partial charge in [0.15, 0.2) is 52.3 Å². The Bertz CT molecular complexity index is 1350. The Kier molecular flexibility index (Phi) is 7.30. The fourth-order valence-corrected chi connectivity index (χ4v) is 3.69. The number of quaternary nitrogens is 1. The van der Waals surface area contributed by atoms with E-state index < -0.39 is 86.0 Å². The second kappa shape index (κ2) is 9.93. The van der Waals surface area contributed by atoms with Gasteiger partial charge in [-0.05, 0) is 23.2 Å². The van der Waals surface area contributed by atoms with Gasteiger partial charge in [-0.25, -0.2) is 35.1 Å². The van der Waals surface area contributed by atoms with Crippen LogP contribution in [-0.4, -0.2) is 37.5 Å². The molecule has 1 saturated heterocycles. The van der Waals surface area contributed by atoms with Gasteiger partial charge in [0.25, 0.3) is 0 Å². The number of ketones is 1. The summed E-state index contributed by atoms with van der Waals surface area (Å²) in [5.41, 5.74) is 9.86. The van der Waals surface area contributed by atoms with Crippen molar-refractivity contribution in [2.75, 3.05) is 27.2 Å². The summed E-state index contributed by atoms with van der Waals surface area (Å²) >= 11 is 0. The van der Waals surface area contributed by atoms with E-state index in [1.54, 1.807) is 0 Å². The number of piperidine rings is 1. The molecule has 37 heavy (non-hydrogen) atoms. The van der Waals surface area contributed by atoms with Crippen LogP contribution in [0, 0.1) is 46.5 Å². The number of benzene rings is 2. The topological polar surface area (TPSA) is 115 Å². The van der Waals surface area contributed by atoms with Crippen LogP contribution in [0.25, 0.3) is 33.0 Å². The largest absolute Gasteiger partial charge is 0.321 e. The van der Waals surface area contributed by atoms with E-state index in [-0.39, 0.29) is 17.6 Å². The first kappa shape index (κ1) is 27.2. The summed E-state index contributed by atoms with van der Waals surface area (Å²) in [6.45, 7) is -0.584. The number of Topliss-reactive ketones (excluding diaryl/α,β-unsaturated/α-hetero) is 1. The number of rotatable bonds is 4. The molecule has 1 aliphatic heterocycles. The van der Waals surface area contributed by atoms with Crippen molar-refractivity contribution in [3.63, 3.8) is 0 Å². The van der Waals surface area contributed by atoms with Crippen LogP contribution in [0.2, 0.25) is 0 Å². The number of carbonyl (C=O) groups is 1. The minimum atomic E-state index is -2.04. The molecule has 0 aromatic heterocycles. The summed E-state index contributed by atoms with van der Waals surface area (Å²) in [5, 5.41) is 5.11. The van der Waals surface area contributed by atoms with Crippen LogP contribution in [0.4, 0.5) is 46.5 Å². The van der Waals surface area contributed by atoms with E-state index in [1.807, 2.05) is 0 Å². The standard InChI is InChI=1S/C21H12F8N7O/c1-36(2)5-7(3-9-11(22)15(26)19(32-34-30)16(27)12(9)23)21(37)8(6-36)4-10-13(24)17(28)20(33-35-31)18(29)14(10)25/h3-4H,5-6H2,1-2H3/q+1. The van der Waals surface area contributed by atoms with Crippen LogP contribution in [0.15, 0.2) is 21.4 Å². The molecule has 0 amide bonds. The van der Waals surface area contributed by atoms with Gasteiger partial charge >= 0.3 is 0 Å². The molecule has 3 rings (SSSR count). The number of likely N-dealkylation sites (tertiary alicyclic amines) is 1. The molecule has 0 saturated carbocycles. The van der Waals surface area contributed by atoms with Crippen molar-refractivity contribution in [1.29, 1.82) is 0 Å². The van der Waals surface area contributed by atoms with Gasteiger partial charge in [0, 0.05) is 9.82 Å². The van der Waals surface area contributed by atoms with Crippen LogP contribution in [0.3, 0.4) is 0 Å². The van der Waals surface area contributed by atoms with Gasteiger partial charge in [0.05, 0.1) is 36.4 Å².